The molecule has 5 rings (SSSR count). The van der Waals surface area contributed by atoms with Crippen molar-refractivity contribution in [3.8, 4) is 0 Å². The van der Waals surface area contributed by atoms with Gasteiger partial charge in [0.1, 0.15) is 0 Å². The number of rotatable bonds is 3. The Morgan fingerprint density at radius 2 is 1.93 bits per heavy atom. The number of aryl methyl sites for hydroxylation is 2. The van der Waals surface area contributed by atoms with Crippen LogP contribution in [0.2, 0.25) is 0 Å². The van der Waals surface area contributed by atoms with Gasteiger partial charge in [0.2, 0.25) is 0 Å². The number of nitrogens with zero attached hydrogens (tertiary/aromatic N) is 3. The maximum absolute atomic E-state index is 13.1. The first-order chi connectivity index (χ1) is 14.2. The van der Waals surface area contributed by atoms with E-state index >= 15 is 0 Å². The summed E-state index contributed by atoms with van der Waals surface area (Å²) in [5.74, 6) is 0.451. The Balaban J connectivity index is 1.22. The van der Waals surface area contributed by atoms with Gasteiger partial charge in [0.05, 0.1) is 12.3 Å². The molecular weight excluding hydrogens is 366 g/mol. The molecule has 29 heavy (non-hydrogen) atoms. The van der Waals surface area contributed by atoms with Gasteiger partial charge in [-0.2, -0.15) is 5.10 Å². The molecule has 1 aromatic heterocycles. The van der Waals surface area contributed by atoms with Crippen LogP contribution in [0.5, 0.6) is 0 Å². The van der Waals surface area contributed by atoms with Crippen molar-refractivity contribution in [3.05, 3.63) is 63.1 Å². The lowest BCUT2D eigenvalue weighted by Crippen LogP contribution is -2.43. The quantitative estimate of drug-likeness (QED) is 0.803. The third kappa shape index (κ3) is 3.62. The summed E-state index contributed by atoms with van der Waals surface area (Å²) < 4.78 is 7.50. The van der Waals surface area contributed by atoms with Gasteiger partial charge < -0.3 is 9.64 Å². The summed E-state index contributed by atoms with van der Waals surface area (Å²) in [4.78, 5) is 27.4. The van der Waals surface area contributed by atoms with Crippen LogP contribution in [0.3, 0.4) is 0 Å². The maximum Gasteiger partial charge on any atom is 0.267 e. The molecule has 1 unspecified atom stereocenters. The minimum Gasteiger partial charge on any atom is -0.363 e. The Bertz CT molecular complexity index is 976. The number of ether oxygens (including phenoxy) is 1. The number of benzene rings is 1. The van der Waals surface area contributed by atoms with Gasteiger partial charge in [-0.15, -0.1) is 0 Å². The van der Waals surface area contributed by atoms with Gasteiger partial charge in [-0.25, -0.2) is 4.68 Å². The number of aromatic nitrogens is 2. The van der Waals surface area contributed by atoms with E-state index in [9.17, 15) is 9.59 Å². The molecule has 6 nitrogen and oxygen atoms in total. The van der Waals surface area contributed by atoms with Crippen molar-refractivity contribution in [1.82, 2.24) is 14.7 Å². The minimum absolute atomic E-state index is 0.0105. The normalized spacial score (nSPS) is 21.7. The van der Waals surface area contributed by atoms with Crippen molar-refractivity contribution >= 4 is 5.91 Å². The van der Waals surface area contributed by atoms with Crippen LogP contribution in [0, 0.1) is 5.92 Å². The molecule has 2 aliphatic heterocycles. The first kappa shape index (κ1) is 18.6. The fourth-order valence-electron chi connectivity index (χ4n) is 4.91. The van der Waals surface area contributed by atoms with Gasteiger partial charge in [-0.3, -0.25) is 9.59 Å². The summed E-state index contributed by atoms with van der Waals surface area (Å²) >= 11 is 0. The van der Waals surface area contributed by atoms with E-state index in [1.807, 2.05) is 23.1 Å². The topological polar surface area (TPSA) is 64.4 Å². The van der Waals surface area contributed by atoms with Crippen molar-refractivity contribution in [2.75, 3.05) is 19.7 Å². The predicted molar refractivity (Wildman–Crippen MR) is 109 cm³/mol. The van der Waals surface area contributed by atoms with Crippen molar-refractivity contribution in [3.63, 3.8) is 0 Å². The molecule has 0 bridgehead atoms. The average molecular weight is 393 g/mol. The van der Waals surface area contributed by atoms with Gasteiger partial charge in [0.15, 0.2) is 6.10 Å². The lowest BCUT2D eigenvalue weighted by molar-refractivity contribution is -0.146. The van der Waals surface area contributed by atoms with E-state index in [1.54, 1.807) is 10.7 Å². The monoisotopic (exact) mass is 393 g/mol. The van der Waals surface area contributed by atoms with Crippen LogP contribution >= 0.6 is 0 Å². The van der Waals surface area contributed by atoms with Gasteiger partial charge in [-0.1, -0.05) is 24.3 Å². The number of hydrogen-bond acceptors (Lipinski definition) is 4. The van der Waals surface area contributed by atoms with Gasteiger partial charge >= 0.3 is 0 Å². The molecule has 1 saturated heterocycles. The van der Waals surface area contributed by atoms with Crippen LogP contribution in [0.25, 0.3) is 0 Å². The van der Waals surface area contributed by atoms with E-state index in [2.05, 4.69) is 11.2 Å². The van der Waals surface area contributed by atoms with Crippen molar-refractivity contribution in [1.29, 1.82) is 0 Å². The highest BCUT2D eigenvalue weighted by atomic mass is 16.5. The summed E-state index contributed by atoms with van der Waals surface area (Å²) in [5, 5.41) is 4.60. The van der Waals surface area contributed by atoms with Crippen LogP contribution in [-0.4, -0.2) is 40.3 Å². The molecule has 0 N–H and O–H groups in total. The van der Waals surface area contributed by atoms with E-state index in [-0.39, 0.29) is 11.5 Å². The molecule has 0 radical (unpaired) electrons. The van der Waals surface area contributed by atoms with E-state index in [4.69, 9.17) is 4.74 Å². The van der Waals surface area contributed by atoms with Gasteiger partial charge in [-0.05, 0) is 61.1 Å². The Labute approximate surface area is 170 Å². The predicted octanol–water partition coefficient (Wildman–Crippen LogP) is 2.28. The van der Waals surface area contributed by atoms with Crippen LogP contribution in [0.1, 0.15) is 47.8 Å². The lowest BCUT2D eigenvalue weighted by atomic mass is 9.94. The molecule has 6 heteroatoms. The molecule has 3 aliphatic rings. The summed E-state index contributed by atoms with van der Waals surface area (Å²) in [7, 11) is 0. The molecular formula is C23H27N3O3. The number of amides is 1. The summed E-state index contributed by atoms with van der Waals surface area (Å²) in [6.07, 6.45) is 5.23. The molecule has 3 heterocycles. The standard InChI is InChI=1S/C23H27N3O3/c27-21-14-18-5-3-7-20(18)24-26(21)15-16-8-11-25(12-9-16)23(28)22-19-6-2-1-4-17(19)10-13-29-22/h1-2,4,6,14,16,22H,3,5,7-13,15H2. The summed E-state index contributed by atoms with van der Waals surface area (Å²) in [6, 6.07) is 9.86. The highest BCUT2D eigenvalue weighted by molar-refractivity contribution is 5.83. The summed E-state index contributed by atoms with van der Waals surface area (Å²) in [5.41, 5.74) is 4.45. The molecule has 0 saturated carbocycles. The Morgan fingerprint density at radius 3 is 2.79 bits per heavy atom. The second kappa shape index (κ2) is 7.75. The zero-order chi connectivity index (χ0) is 19.8. The summed E-state index contributed by atoms with van der Waals surface area (Å²) in [6.45, 7) is 2.67. The number of fused-ring (bicyclic) bond motifs is 2. The van der Waals surface area contributed by atoms with Crippen LogP contribution in [0.4, 0.5) is 0 Å². The number of hydrogen-bond donors (Lipinski definition) is 0. The fourth-order valence-corrected chi connectivity index (χ4v) is 4.91. The number of likely N-dealkylation sites (tertiary alicyclic amines) is 1. The first-order valence-electron chi connectivity index (χ1n) is 10.8. The molecule has 1 aromatic carbocycles. The second-order valence-corrected chi connectivity index (χ2v) is 8.46. The number of carbonyl (C=O) groups is 1. The molecule has 1 atom stereocenters. The van der Waals surface area contributed by atoms with E-state index in [0.29, 0.717) is 32.2 Å². The minimum atomic E-state index is -0.475. The first-order valence-corrected chi connectivity index (χ1v) is 10.8. The molecule has 1 aliphatic carbocycles. The zero-order valence-electron chi connectivity index (χ0n) is 16.7. The zero-order valence-corrected chi connectivity index (χ0v) is 16.7. The number of carbonyl (C=O) groups excluding carboxylic acids is 1. The largest absolute Gasteiger partial charge is 0.363 e. The Morgan fingerprint density at radius 1 is 1.10 bits per heavy atom. The molecule has 0 spiro atoms. The molecule has 1 amide bonds. The van der Waals surface area contributed by atoms with Crippen molar-refractivity contribution in [2.45, 2.75) is 51.2 Å². The van der Waals surface area contributed by atoms with Crippen LogP contribution in [0.15, 0.2) is 35.1 Å². The van der Waals surface area contributed by atoms with Gasteiger partial charge in [0, 0.05) is 25.7 Å². The Kier molecular flexibility index (Phi) is 4.96. The third-order valence-electron chi connectivity index (χ3n) is 6.60. The maximum atomic E-state index is 13.1. The van der Waals surface area contributed by atoms with Crippen molar-refractivity contribution in [2.24, 2.45) is 5.92 Å². The molecule has 152 valence electrons. The lowest BCUT2D eigenvalue weighted by Gasteiger charge is -2.35. The average Bonchev–Trinajstić information content (AvgIpc) is 3.20. The van der Waals surface area contributed by atoms with E-state index in [1.165, 1.54) is 5.56 Å². The number of piperidine rings is 1. The molecule has 2 aromatic rings. The highest BCUT2D eigenvalue weighted by Gasteiger charge is 2.33. The Hall–Kier alpha value is -2.47. The smallest absolute Gasteiger partial charge is 0.267 e. The van der Waals surface area contributed by atoms with E-state index < -0.39 is 6.10 Å². The van der Waals surface area contributed by atoms with Crippen LogP contribution < -0.4 is 5.56 Å². The fraction of sp³-hybridized carbons (Fsp3) is 0.522. The SMILES string of the molecule is O=C(C1OCCc2ccccc21)N1CCC(Cn2nc3c(cc2=O)CCC3)CC1. The van der Waals surface area contributed by atoms with Crippen molar-refractivity contribution < 1.29 is 9.53 Å². The van der Waals surface area contributed by atoms with E-state index in [0.717, 1.165) is 55.3 Å². The van der Waals surface area contributed by atoms with Gasteiger partial charge in [0.25, 0.3) is 11.5 Å². The van der Waals surface area contributed by atoms with Crippen LogP contribution in [-0.2, 0) is 35.3 Å². The second-order valence-electron chi connectivity index (χ2n) is 8.46. The highest BCUT2D eigenvalue weighted by Crippen LogP contribution is 2.30. The molecule has 1 fully saturated rings. The third-order valence-corrected chi connectivity index (χ3v) is 6.60.